The van der Waals surface area contributed by atoms with Crippen LogP contribution in [0.1, 0.15) is 65.1 Å². The number of benzene rings is 5. The lowest BCUT2D eigenvalue weighted by atomic mass is 10.1. The number of carbonyl (C=O) groups is 6. The molecule has 0 saturated heterocycles. The van der Waals surface area contributed by atoms with Gasteiger partial charge >= 0.3 is 0 Å². The summed E-state index contributed by atoms with van der Waals surface area (Å²) < 4.78 is 11.5. The molecule has 5 aromatic carbocycles. The minimum atomic E-state index is -1.61. The molecule has 0 aliphatic heterocycles. The molecule has 5 aromatic rings. The predicted octanol–water partition coefficient (Wildman–Crippen LogP) is 12.0. The van der Waals surface area contributed by atoms with Gasteiger partial charge in [0.25, 0.3) is 23.6 Å². The van der Waals surface area contributed by atoms with Crippen molar-refractivity contribution in [1.82, 2.24) is 0 Å². The number of aryl methyl sites for hydroxylation is 3. The Hall–Kier alpha value is -6.43. The van der Waals surface area contributed by atoms with Gasteiger partial charge in [-0.1, -0.05) is 47.5 Å². The first-order valence-electron chi connectivity index (χ1n) is 22.1. The summed E-state index contributed by atoms with van der Waals surface area (Å²) in [6.45, 7) is 6.69. The maximum absolute atomic E-state index is 13.6. The van der Waals surface area contributed by atoms with Crippen LogP contribution in [0.2, 0.25) is 10.0 Å². The highest BCUT2D eigenvalue weighted by molar-refractivity contribution is 6.35. The summed E-state index contributed by atoms with van der Waals surface area (Å²) in [5.74, 6) is -2.45. The fourth-order valence-corrected chi connectivity index (χ4v) is 7.89. The Kier molecular flexibility index (Phi) is 21.3. The quantitative estimate of drug-likeness (QED) is 0.0264. The van der Waals surface area contributed by atoms with E-state index in [4.69, 9.17) is 67.5 Å². The van der Waals surface area contributed by atoms with Crippen molar-refractivity contribution < 1.29 is 38.2 Å². The number of hydrogen-bond donors (Lipinski definition) is 4. The second-order valence-corrected chi connectivity index (χ2v) is 17.3. The number of Topliss-reactive ketones (excluding diaryl/α,β-unsaturated/α-hetero) is 2. The van der Waals surface area contributed by atoms with Crippen LogP contribution in [0.4, 0.5) is 34.1 Å². The third-order valence-electron chi connectivity index (χ3n) is 10.3. The average molecular weight is 1070 g/mol. The number of alkyl halides is 3. The third kappa shape index (κ3) is 15.3. The van der Waals surface area contributed by atoms with Crippen LogP contribution in [-0.4, -0.2) is 78.1 Å². The van der Waals surface area contributed by atoms with Gasteiger partial charge < -0.3 is 30.7 Å². The van der Waals surface area contributed by atoms with E-state index in [2.05, 4.69) is 41.7 Å². The molecule has 0 aromatic heterocycles. The van der Waals surface area contributed by atoms with Crippen LogP contribution < -0.4 is 30.7 Å². The lowest BCUT2D eigenvalue weighted by Gasteiger charge is -2.16. The molecule has 21 heteroatoms. The number of rotatable bonds is 24. The Morgan fingerprint density at radius 2 is 0.972 bits per heavy atom. The topological polar surface area (TPSA) is 218 Å². The number of azo groups is 2. The molecule has 0 bridgehead atoms. The van der Waals surface area contributed by atoms with E-state index in [9.17, 15) is 28.8 Å². The van der Waals surface area contributed by atoms with E-state index in [1.807, 2.05) is 26.0 Å². The zero-order valence-corrected chi connectivity index (χ0v) is 42.7. The number of halogens is 5. The first-order valence-corrected chi connectivity index (χ1v) is 24.4. The Labute approximate surface area is 435 Å². The molecule has 0 saturated carbocycles. The van der Waals surface area contributed by atoms with Gasteiger partial charge in [-0.15, -0.1) is 34.8 Å². The minimum Gasteiger partial charge on any atom is -0.492 e. The van der Waals surface area contributed by atoms with E-state index in [0.717, 1.165) is 11.1 Å². The van der Waals surface area contributed by atoms with Crippen molar-refractivity contribution in [2.24, 2.45) is 20.5 Å². The Morgan fingerprint density at radius 3 is 1.39 bits per heavy atom. The summed E-state index contributed by atoms with van der Waals surface area (Å²) in [4.78, 5) is 79.7. The maximum atomic E-state index is 13.6. The summed E-state index contributed by atoms with van der Waals surface area (Å²) in [7, 11) is 0. The zero-order valence-electron chi connectivity index (χ0n) is 38.9. The van der Waals surface area contributed by atoms with Crippen molar-refractivity contribution in [2.45, 2.75) is 59.0 Å². The molecular formula is C50H49Cl5N8O8. The number of amides is 4. The molecule has 0 aliphatic rings. The first-order chi connectivity index (χ1) is 34.1. The molecule has 2 atom stereocenters. The van der Waals surface area contributed by atoms with Gasteiger partial charge in [0, 0.05) is 29.0 Å². The molecule has 0 radical (unpaired) electrons. The second kappa shape index (κ2) is 27.2. The molecule has 0 heterocycles. The van der Waals surface area contributed by atoms with Gasteiger partial charge in [-0.25, -0.2) is 0 Å². The highest BCUT2D eigenvalue weighted by atomic mass is 35.5. The Morgan fingerprint density at radius 1 is 0.535 bits per heavy atom. The van der Waals surface area contributed by atoms with Crippen LogP contribution in [0.5, 0.6) is 11.5 Å². The number of nitrogens with one attached hydrogen (secondary N) is 4. The standard InChI is InChI=1S/C50H49Cl5N8O8/c1-5-70-41-11-7-9-30(19-22-51)45(41)58-47(66)36-26-34(13-16-38(36)54)60-62-43(28(3)64)49(68)56-33-15-18-40(32(25-33)21-24-53)57-50(69)44(29(4)65)63-61-35-14-17-39(55)37(27-35)48(67)59-46-31(20-23-52)10-8-12-42(46)71-6-2/h7-18,25-27,43-44H,5-6,19-24H2,1-4H3,(H,56,68)(H,57,69)(H,58,66)(H,59,67). The fraction of sp³-hybridized carbons (Fsp3) is 0.280. The lowest BCUT2D eigenvalue weighted by molar-refractivity contribution is -0.127. The molecule has 71 heavy (non-hydrogen) atoms. The van der Waals surface area contributed by atoms with E-state index in [0.29, 0.717) is 66.3 Å². The summed E-state index contributed by atoms with van der Waals surface area (Å²) in [6.07, 6.45) is 1.13. The van der Waals surface area contributed by atoms with Crippen molar-refractivity contribution in [3.8, 4) is 11.5 Å². The van der Waals surface area contributed by atoms with E-state index in [1.165, 1.54) is 68.4 Å². The average Bonchev–Trinajstić information content (AvgIpc) is 3.33. The van der Waals surface area contributed by atoms with Crippen molar-refractivity contribution >= 4 is 127 Å². The van der Waals surface area contributed by atoms with Gasteiger partial charge in [-0.05, 0) is 130 Å². The predicted molar refractivity (Wildman–Crippen MR) is 279 cm³/mol. The largest absolute Gasteiger partial charge is 0.492 e. The number of hydrogen-bond acceptors (Lipinski definition) is 12. The Balaban J connectivity index is 1.29. The van der Waals surface area contributed by atoms with Gasteiger partial charge in [-0.2, -0.15) is 20.5 Å². The van der Waals surface area contributed by atoms with Crippen LogP contribution >= 0.6 is 58.0 Å². The normalized spacial score (nSPS) is 12.0. The maximum Gasteiger partial charge on any atom is 0.258 e. The third-order valence-corrected chi connectivity index (χ3v) is 11.5. The molecule has 4 N–H and O–H groups in total. The van der Waals surface area contributed by atoms with Crippen LogP contribution in [0, 0.1) is 0 Å². The van der Waals surface area contributed by atoms with Gasteiger partial charge in [0.2, 0.25) is 12.1 Å². The van der Waals surface area contributed by atoms with Crippen LogP contribution in [-0.2, 0) is 38.4 Å². The van der Waals surface area contributed by atoms with Crippen LogP contribution in [0.25, 0.3) is 0 Å². The van der Waals surface area contributed by atoms with E-state index < -0.39 is 47.3 Å². The van der Waals surface area contributed by atoms with E-state index >= 15 is 0 Å². The molecule has 372 valence electrons. The van der Waals surface area contributed by atoms with Gasteiger partial charge in [0.1, 0.15) is 11.5 Å². The summed E-state index contributed by atoms with van der Waals surface area (Å²) in [6, 6.07) is 20.5. The molecule has 2 unspecified atom stereocenters. The second-order valence-electron chi connectivity index (χ2n) is 15.3. The molecule has 0 fully saturated rings. The van der Waals surface area contributed by atoms with Crippen LogP contribution in [0.3, 0.4) is 0 Å². The van der Waals surface area contributed by atoms with Gasteiger partial charge in [0.15, 0.2) is 11.6 Å². The van der Waals surface area contributed by atoms with Crippen molar-refractivity contribution in [3.63, 3.8) is 0 Å². The monoisotopic (exact) mass is 1060 g/mol. The van der Waals surface area contributed by atoms with Gasteiger partial charge in [0.05, 0.1) is 57.1 Å². The van der Waals surface area contributed by atoms with Crippen molar-refractivity contribution in [3.05, 3.63) is 129 Å². The number of ether oxygens (including phenoxy) is 2. The minimum absolute atomic E-state index is 0.0428. The number of ketones is 2. The lowest BCUT2D eigenvalue weighted by Crippen LogP contribution is -2.32. The van der Waals surface area contributed by atoms with Crippen molar-refractivity contribution in [1.29, 1.82) is 0 Å². The highest BCUT2D eigenvalue weighted by Gasteiger charge is 2.27. The molecule has 0 aliphatic carbocycles. The molecule has 0 spiro atoms. The van der Waals surface area contributed by atoms with E-state index in [-0.39, 0.29) is 56.2 Å². The van der Waals surface area contributed by atoms with Crippen LogP contribution in [0.15, 0.2) is 111 Å². The fourth-order valence-electron chi connectivity index (χ4n) is 6.87. The molecule has 5 rings (SSSR count). The summed E-state index contributed by atoms with van der Waals surface area (Å²) >= 11 is 31.0. The highest BCUT2D eigenvalue weighted by Crippen LogP contribution is 2.34. The number of para-hydroxylation sites is 2. The molecule has 4 amide bonds. The smallest absolute Gasteiger partial charge is 0.258 e. The van der Waals surface area contributed by atoms with E-state index in [1.54, 1.807) is 24.3 Å². The zero-order chi connectivity index (χ0) is 51.6. The SMILES string of the molecule is CCOc1cccc(CCCl)c1NC(=O)c1cc(N=NC(C(C)=O)C(=O)Nc2ccc(NC(=O)C(N=Nc3ccc(Cl)c(C(=O)Nc4c(CCCl)cccc4OCC)c3)C(C)=O)c(CCCl)c2)ccc1Cl. The number of carbonyl (C=O) groups excluding carboxylic acids is 6. The number of nitrogens with zero attached hydrogens (tertiary/aromatic N) is 4. The van der Waals surface area contributed by atoms with Crippen molar-refractivity contribution in [2.75, 3.05) is 52.1 Å². The summed E-state index contributed by atoms with van der Waals surface area (Å²) in [5, 5.41) is 27.5. The van der Waals surface area contributed by atoms with Gasteiger partial charge in [-0.3, -0.25) is 28.8 Å². The first kappa shape index (κ1) is 55.5. The molecule has 16 nitrogen and oxygen atoms in total. The summed E-state index contributed by atoms with van der Waals surface area (Å²) in [5.41, 5.74) is 3.67. The number of anilines is 4. The Bertz CT molecular complexity index is 2800. The molecular weight excluding hydrogens is 1020 g/mol.